The van der Waals surface area contributed by atoms with Gasteiger partial charge in [-0.3, -0.25) is 9.36 Å². The van der Waals surface area contributed by atoms with Gasteiger partial charge in [-0.25, -0.2) is 14.5 Å². The highest BCUT2D eigenvalue weighted by molar-refractivity contribution is 5.75. The van der Waals surface area contributed by atoms with Crippen molar-refractivity contribution in [2.45, 2.75) is 26.6 Å². The van der Waals surface area contributed by atoms with Crippen molar-refractivity contribution < 1.29 is 4.79 Å². The molecule has 28 heavy (non-hydrogen) atoms. The number of nitrogens with zero attached hydrogens (tertiary/aromatic N) is 5. The van der Waals surface area contributed by atoms with Crippen LogP contribution in [0.25, 0.3) is 5.65 Å². The molecule has 142 valence electrons. The molecule has 0 spiro atoms. The van der Waals surface area contributed by atoms with E-state index >= 15 is 0 Å². The average Bonchev–Trinajstić information content (AvgIpc) is 3.23. The number of aromatic nitrogens is 5. The summed E-state index contributed by atoms with van der Waals surface area (Å²) in [6, 6.07) is 15.4. The van der Waals surface area contributed by atoms with Gasteiger partial charge in [-0.05, 0) is 24.6 Å². The van der Waals surface area contributed by atoms with Crippen LogP contribution < -0.4 is 11.0 Å². The predicted octanol–water partition coefficient (Wildman–Crippen LogP) is 1.37. The molecule has 8 nitrogen and oxygen atoms in total. The van der Waals surface area contributed by atoms with E-state index in [0.29, 0.717) is 18.9 Å². The Bertz CT molecular complexity index is 1140. The van der Waals surface area contributed by atoms with Crippen LogP contribution in [-0.4, -0.2) is 29.6 Å². The average molecular weight is 376 g/mol. The Labute approximate surface area is 161 Å². The first-order valence-electron chi connectivity index (χ1n) is 8.97. The molecular formula is C20H20N6O2. The van der Waals surface area contributed by atoms with Gasteiger partial charge in [0, 0.05) is 12.4 Å². The van der Waals surface area contributed by atoms with Crippen molar-refractivity contribution in [2.75, 3.05) is 0 Å². The second-order valence-electron chi connectivity index (χ2n) is 6.53. The Hall–Kier alpha value is -3.68. The molecule has 0 saturated heterocycles. The maximum absolute atomic E-state index is 12.6. The third-order valence-electron chi connectivity index (χ3n) is 4.47. The summed E-state index contributed by atoms with van der Waals surface area (Å²) >= 11 is 0. The predicted molar refractivity (Wildman–Crippen MR) is 104 cm³/mol. The number of hydrogen-bond acceptors (Lipinski definition) is 4. The maximum atomic E-state index is 12.6. The van der Waals surface area contributed by atoms with Gasteiger partial charge in [-0.2, -0.15) is 5.10 Å². The van der Waals surface area contributed by atoms with E-state index in [2.05, 4.69) is 15.4 Å². The number of aryl methyl sites for hydroxylation is 1. The lowest BCUT2D eigenvalue weighted by atomic mass is 10.2. The van der Waals surface area contributed by atoms with Gasteiger partial charge >= 0.3 is 5.69 Å². The van der Waals surface area contributed by atoms with Crippen molar-refractivity contribution in [3.05, 3.63) is 88.5 Å². The molecule has 0 aliphatic heterocycles. The van der Waals surface area contributed by atoms with E-state index in [1.54, 1.807) is 11.5 Å². The quantitative estimate of drug-likeness (QED) is 0.551. The zero-order chi connectivity index (χ0) is 19.5. The minimum absolute atomic E-state index is 0.130. The number of fused-ring (bicyclic) bond motifs is 1. The lowest BCUT2D eigenvalue weighted by Gasteiger charge is -2.03. The zero-order valence-corrected chi connectivity index (χ0v) is 15.4. The molecular weight excluding hydrogens is 356 g/mol. The fraction of sp³-hybridized carbons (Fsp3) is 0.200. The molecule has 0 bridgehead atoms. The van der Waals surface area contributed by atoms with Crippen LogP contribution in [0.4, 0.5) is 0 Å². The highest BCUT2D eigenvalue weighted by Crippen LogP contribution is 2.04. The fourth-order valence-corrected chi connectivity index (χ4v) is 3.05. The molecule has 0 radical (unpaired) electrons. The summed E-state index contributed by atoms with van der Waals surface area (Å²) in [4.78, 5) is 29.3. The summed E-state index contributed by atoms with van der Waals surface area (Å²) in [5.41, 5.74) is 2.27. The van der Waals surface area contributed by atoms with Crippen molar-refractivity contribution in [2.24, 2.45) is 0 Å². The largest absolute Gasteiger partial charge is 0.349 e. The minimum Gasteiger partial charge on any atom is -0.349 e. The Morgan fingerprint density at radius 3 is 2.68 bits per heavy atom. The monoisotopic (exact) mass is 376 g/mol. The van der Waals surface area contributed by atoms with Crippen LogP contribution in [0, 0.1) is 6.92 Å². The van der Waals surface area contributed by atoms with E-state index in [4.69, 9.17) is 0 Å². The van der Waals surface area contributed by atoms with Gasteiger partial charge in [0.2, 0.25) is 5.91 Å². The number of rotatable bonds is 6. The number of benzene rings is 1. The number of amides is 1. The normalized spacial score (nSPS) is 11.0. The number of hydrogen-bond donors (Lipinski definition) is 1. The van der Waals surface area contributed by atoms with Gasteiger partial charge in [-0.15, -0.1) is 0 Å². The third kappa shape index (κ3) is 3.71. The highest BCUT2D eigenvalue weighted by Gasteiger charge is 2.13. The number of imidazole rings is 1. The Balaban J connectivity index is 1.41. The summed E-state index contributed by atoms with van der Waals surface area (Å²) < 4.78 is 4.64. The van der Waals surface area contributed by atoms with Crippen molar-refractivity contribution >= 4 is 11.6 Å². The molecule has 8 heteroatoms. The summed E-state index contributed by atoms with van der Waals surface area (Å²) in [5.74, 6) is 0.283. The van der Waals surface area contributed by atoms with Crippen molar-refractivity contribution in [1.29, 1.82) is 0 Å². The molecule has 4 rings (SSSR count). The molecule has 0 atom stereocenters. The van der Waals surface area contributed by atoms with Gasteiger partial charge in [0.25, 0.3) is 0 Å². The molecule has 1 N–H and O–H groups in total. The fourth-order valence-electron chi connectivity index (χ4n) is 3.05. The third-order valence-corrected chi connectivity index (χ3v) is 4.47. The summed E-state index contributed by atoms with van der Waals surface area (Å²) in [6.07, 6.45) is 3.76. The van der Waals surface area contributed by atoms with Crippen LogP contribution in [0.5, 0.6) is 0 Å². The first-order valence-corrected chi connectivity index (χ1v) is 8.97. The minimum atomic E-state index is -0.302. The Kier molecular flexibility index (Phi) is 4.76. The first kappa shape index (κ1) is 17.7. The van der Waals surface area contributed by atoms with Crippen LogP contribution in [0.15, 0.2) is 65.7 Å². The summed E-state index contributed by atoms with van der Waals surface area (Å²) in [6.45, 7) is 2.34. The van der Waals surface area contributed by atoms with Crippen molar-refractivity contribution in [3.63, 3.8) is 0 Å². The van der Waals surface area contributed by atoms with E-state index in [9.17, 15) is 9.59 Å². The Morgan fingerprint density at radius 2 is 1.89 bits per heavy atom. The number of carbonyl (C=O) groups is 1. The first-order chi connectivity index (χ1) is 13.6. The van der Waals surface area contributed by atoms with E-state index in [-0.39, 0.29) is 18.1 Å². The van der Waals surface area contributed by atoms with E-state index < -0.39 is 0 Å². The topological polar surface area (TPSA) is 86.2 Å². The molecule has 4 aromatic rings. The van der Waals surface area contributed by atoms with Crippen LogP contribution in [0.1, 0.15) is 17.1 Å². The SMILES string of the molecule is Cc1nn(CC(=O)NCc2cn3ccccc3n2)c(=O)n1Cc1ccccc1. The van der Waals surface area contributed by atoms with Crippen LogP contribution >= 0.6 is 0 Å². The molecule has 0 aliphatic carbocycles. The molecule has 1 amide bonds. The van der Waals surface area contributed by atoms with E-state index in [1.807, 2.05) is 65.3 Å². The van der Waals surface area contributed by atoms with Crippen molar-refractivity contribution in [3.8, 4) is 0 Å². The van der Waals surface area contributed by atoms with Gasteiger partial charge < -0.3 is 9.72 Å². The highest BCUT2D eigenvalue weighted by atomic mass is 16.2. The molecule has 3 aromatic heterocycles. The van der Waals surface area contributed by atoms with Crippen molar-refractivity contribution in [1.82, 2.24) is 29.0 Å². The molecule has 0 aliphatic rings. The van der Waals surface area contributed by atoms with Gasteiger partial charge in [0.1, 0.15) is 18.0 Å². The van der Waals surface area contributed by atoms with Crippen LogP contribution in [0.3, 0.4) is 0 Å². The zero-order valence-electron chi connectivity index (χ0n) is 15.4. The number of carbonyl (C=O) groups excluding carboxylic acids is 1. The molecule has 0 unspecified atom stereocenters. The van der Waals surface area contributed by atoms with E-state index in [0.717, 1.165) is 16.9 Å². The van der Waals surface area contributed by atoms with Gasteiger partial charge in [-0.1, -0.05) is 36.4 Å². The standard InChI is InChI=1S/C20H20N6O2/c1-15-23-26(20(28)25(15)12-16-7-3-2-4-8-16)14-19(27)21-11-17-13-24-10-6-5-9-18(24)22-17/h2-10,13H,11-12,14H2,1H3,(H,21,27). The number of nitrogens with one attached hydrogen (secondary N) is 1. The van der Waals surface area contributed by atoms with E-state index in [1.165, 1.54) is 4.68 Å². The summed E-state index contributed by atoms with van der Waals surface area (Å²) in [5, 5.41) is 7.01. The van der Waals surface area contributed by atoms with Crippen LogP contribution in [0.2, 0.25) is 0 Å². The lowest BCUT2D eigenvalue weighted by molar-refractivity contribution is -0.122. The lowest BCUT2D eigenvalue weighted by Crippen LogP contribution is -2.33. The Morgan fingerprint density at radius 1 is 1.11 bits per heavy atom. The molecule has 3 heterocycles. The summed E-state index contributed by atoms with van der Waals surface area (Å²) in [7, 11) is 0. The molecule has 1 aromatic carbocycles. The second kappa shape index (κ2) is 7.51. The number of pyridine rings is 1. The molecule has 0 saturated carbocycles. The van der Waals surface area contributed by atoms with Gasteiger partial charge in [0.05, 0.1) is 18.8 Å². The maximum Gasteiger partial charge on any atom is 0.346 e. The van der Waals surface area contributed by atoms with Gasteiger partial charge in [0.15, 0.2) is 0 Å². The van der Waals surface area contributed by atoms with Crippen LogP contribution in [-0.2, 0) is 24.4 Å². The molecule has 0 fully saturated rings. The smallest absolute Gasteiger partial charge is 0.346 e. The second-order valence-corrected chi connectivity index (χ2v) is 6.53.